The van der Waals surface area contributed by atoms with E-state index in [-0.39, 0.29) is 5.56 Å². The van der Waals surface area contributed by atoms with Crippen LogP contribution >= 0.6 is 11.3 Å². The van der Waals surface area contributed by atoms with E-state index < -0.39 is 5.97 Å². The second kappa shape index (κ2) is 7.67. The van der Waals surface area contributed by atoms with Crippen molar-refractivity contribution >= 4 is 17.3 Å². The van der Waals surface area contributed by atoms with E-state index in [0.29, 0.717) is 25.6 Å². The molecular weight excluding hydrogens is 276 g/mol. The summed E-state index contributed by atoms with van der Waals surface area (Å²) in [6.45, 7) is 1.76. The average molecular weight is 292 g/mol. The Hall–Kier alpha value is -1.85. The summed E-state index contributed by atoms with van der Waals surface area (Å²) in [5, 5.41) is 10.9. The first-order valence-electron chi connectivity index (χ1n) is 6.32. The fourth-order valence-electron chi connectivity index (χ4n) is 1.64. The molecule has 4 nitrogen and oxygen atoms in total. The Morgan fingerprint density at radius 1 is 1.20 bits per heavy atom. The molecule has 1 heterocycles. The van der Waals surface area contributed by atoms with Crippen molar-refractivity contribution in [1.29, 1.82) is 0 Å². The SMILES string of the molecule is O=C(O)c1cccc(OCCCOCc2cccs2)c1. The van der Waals surface area contributed by atoms with E-state index in [1.54, 1.807) is 29.5 Å². The van der Waals surface area contributed by atoms with Gasteiger partial charge < -0.3 is 14.6 Å². The van der Waals surface area contributed by atoms with Crippen LogP contribution in [0.25, 0.3) is 0 Å². The van der Waals surface area contributed by atoms with Gasteiger partial charge in [-0.25, -0.2) is 4.79 Å². The van der Waals surface area contributed by atoms with E-state index in [4.69, 9.17) is 14.6 Å². The van der Waals surface area contributed by atoms with Gasteiger partial charge in [-0.3, -0.25) is 0 Å². The molecule has 0 saturated carbocycles. The third-order valence-corrected chi connectivity index (χ3v) is 3.46. The van der Waals surface area contributed by atoms with Crippen LogP contribution in [0.1, 0.15) is 21.7 Å². The minimum atomic E-state index is -0.949. The molecule has 0 aliphatic heterocycles. The second-order valence-electron chi connectivity index (χ2n) is 4.17. The topological polar surface area (TPSA) is 55.8 Å². The molecule has 0 fully saturated rings. The van der Waals surface area contributed by atoms with Crippen LogP contribution < -0.4 is 4.74 Å². The third-order valence-electron chi connectivity index (χ3n) is 2.61. The minimum Gasteiger partial charge on any atom is -0.493 e. The van der Waals surface area contributed by atoms with E-state index in [0.717, 1.165) is 6.42 Å². The molecule has 0 spiro atoms. The molecule has 0 unspecified atom stereocenters. The number of carboxylic acids is 1. The smallest absolute Gasteiger partial charge is 0.335 e. The molecule has 106 valence electrons. The van der Waals surface area contributed by atoms with Crippen LogP contribution in [-0.4, -0.2) is 24.3 Å². The van der Waals surface area contributed by atoms with Gasteiger partial charge >= 0.3 is 5.97 Å². The normalized spacial score (nSPS) is 10.4. The number of hydrogen-bond donors (Lipinski definition) is 1. The molecule has 2 aromatic rings. The maximum Gasteiger partial charge on any atom is 0.335 e. The highest BCUT2D eigenvalue weighted by Gasteiger charge is 2.03. The van der Waals surface area contributed by atoms with Crippen LogP contribution in [0.4, 0.5) is 0 Å². The maximum absolute atomic E-state index is 10.8. The second-order valence-corrected chi connectivity index (χ2v) is 5.20. The van der Waals surface area contributed by atoms with Crippen molar-refractivity contribution in [2.75, 3.05) is 13.2 Å². The van der Waals surface area contributed by atoms with Gasteiger partial charge in [0.15, 0.2) is 0 Å². The summed E-state index contributed by atoms with van der Waals surface area (Å²) in [6, 6.07) is 10.5. The van der Waals surface area contributed by atoms with Crippen molar-refractivity contribution in [2.45, 2.75) is 13.0 Å². The first-order valence-corrected chi connectivity index (χ1v) is 7.20. The molecule has 0 amide bonds. The molecule has 0 atom stereocenters. The lowest BCUT2D eigenvalue weighted by molar-refractivity contribution is 0.0696. The van der Waals surface area contributed by atoms with Gasteiger partial charge in [-0.05, 0) is 29.6 Å². The molecule has 0 aliphatic carbocycles. The zero-order chi connectivity index (χ0) is 14.2. The van der Waals surface area contributed by atoms with Crippen LogP contribution in [0.15, 0.2) is 41.8 Å². The number of benzene rings is 1. The number of aromatic carboxylic acids is 1. The van der Waals surface area contributed by atoms with E-state index >= 15 is 0 Å². The summed E-state index contributed by atoms with van der Waals surface area (Å²) in [5.74, 6) is -0.377. The summed E-state index contributed by atoms with van der Waals surface area (Å²) >= 11 is 1.68. The fourth-order valence-corrected chi connectivity index (χ4v) is 2.28. The van der Waals surface area contributed by atoms with Gasteiger partial charge in [-0.1, -0.05) is 12.1 Å². The Kier molecular flexibility index (Phi) is 5.58. The van der Waals surface area contributed by atoms with Crippen molar-refractivity contribution < 1.29 is 19.4 Å². The fraction of sp³-hybridized carbons (Fsp3) is 0.267. The highest BCUT2D eigenvalue weighted by Crippen LogP contribution is 2.14. The molecule has 1 aromatic heterocycles. The van der Waals surface area contributed by atoms with Crippen LogP contribution in [0.5, 0.6) is 5.75 Å². The van der Waals surface area contributed by atoms with E-state index in [1.807, 2.05) is 17.5 Å². The molecule has 0 aliphatic rings. The highest BCUT2D eigenvalue weighted by molar-refractivity contribution is 7.09. The van der Waals surface area contributed by atoms with Crippen molar-refractivity contribution in [3.8, 4) is 5.75 Å². The Balaban J connectivity index is 1.63. The van der Waals surface area contributed by atoms with Crippen molar-refractivity contribution in [2.24, 2.45) is 0 Å². The summed E-state index contributed by atoms with van der Waals surface area (Å²) in [7, 11) is 0. The summed E-state index contributed by atoms with van der Waals surface area (Å²) in [5.41, 5.74) is 0.233. The van der Waals surface area contributed by atoms with Gasteiger partial charge in [0.1, 0.15) is 5.75 Å². The predicted octanol–water partition coefficient (Wildman–Crippen LogP) is 3.43. The first-order chi connectivity index (χ1) is 9.75. The quantitative estimate of drug-likeness (QED) is 0.757. The average Bonchev–Trinajstić information content (AvgIpc) is 2.96. The zero-order valence-electron chi connectivity index (χ0n) is 11.0. The molecule has 0 radical (unpaired) electrons. The molecule has 1 N–H and O–H groups in total. The number of ether oxygens (including phenoxy) is 2. The van der Waals surface area contributed by atoms with Gasteiger partial charge in [0.25, 0.3) is 0 Å². The van der Waals surface area contributed by atoms with Crippen molar-refractivity contribution in [3.05, 3.63) is 52.2 Å². The van der Waals surface area contributed by atoms with E-state index in [2.05, 4.69) is 0 Å². The van der Waals surface area contributed by atoms with Gasteiger partial charge in [0.05, 0.1) is 25.4 Å². The largest absolute Gasteiger partial charge is 0.493 e. The van der Waals surface area contributed by atoms with E-state index in [9.17, 15) is 4.79 Å². The Labute approximate surface area is 121 Å². The highest BCUT2D eigenvalue weighted by atomic mass is 32.1. The Bertz CT molecular complexity index is 537. The zero-order valence-corrected chi connectivity index (χ0v) is 11.8. The lowest BCUT2D eigenvalue weighted by Gasteiger charge is -2.07. The van der Waals surface area contributed by atoms with Crippen LogP contribution in [0.2, 0.25) is 0 Å². The molecule has 1 aromatic carbocycles. The van der Waals surface area contributed by atoms with Crippen LogP contribution in [-0.2, 0) is 11.3 Å². The third kappa shape index (κ3) is 4.68. The minimum absolute atomic E-state index is 0.233. The van der Waals surface area contributed by atoms with E-state index in [1.165, 1.54) is 10.9 Å². The van der Waals surface area contributed by atoms with Crippen molar-refractivity contribution in [3.63, 3.8) is 0 Å². The molecule has 2 rings (SSSR count). The number of thiophene rings is 1. The molecular formula is C15H16O4S. The number of rotatable bonds is 8. The van der Waals surface area contributed by atoms with Gasteiger partial charge in [0, 0.05) is 11.3 Å². The number of hydrogen-bond acceptors (Lipinski definition) is 4. The van der Waals surface area contributed by atoms with Crippen molar-refractivity contribution in [1.82, 2.24) is 0 Å². The summed E-state index contributed by atoms with van der Waals surface area (Å²) in [4.78, 5) is 12.0. The Morgan fingerprint density at radius 2 is 2.10 bits per heavy atom. The summed E-state index contributed by atoms with van der Waals surface area (Å²) in [6.07, 6.45) is 0.767. The predicted molar refractivity (Wildman–Crippen MR) is 77.5 cm³/mol. The standard InChI is InChI=1S/C15H16O4S/c16-15(17)12-4-1-5-13(10-12)19-8-3-7-18-11-14-6-2-9-20-14/h1-2,4-6,9-10H,3,7-8,11H2,(H,16,17). The van der Waals surface area contributed by atoms with Gasteiger partial charge in [-0.15, -0.1) is 11.3 Å². The maximum atomic E-state index is 10.8. The summed E-state index contributed by atoms with van der Waals surface area (Å²) < 4.78 is 11.0. The first kappa shape index (κ1) is 14.6. The van der Waals surface area contributed by atoms with Crippen LogP contribution in [0, 0.1) is 0 Å². The van der Waals surface area contributed by atoms with Crippen LogP contribution in [0.3, 0.4) is 0 Å². The van der Waals surface area contributed by atoms with Gasteiger partial charge in [0.2, 0.25) is 0 Å². The number of carbonyl (C=O) groups is 1. The molecule has 0 saturated heterocycles. The number of carboxylic acid groups (broad SMARTS) is 1. The van der Waals surface area contributed by atoms with Gasteiger partial charge in [-0.2, -0.15) is 0 Å². The molecule has 5 heteroatoms. The molecule has 20 heavy (non-hydrogen) atoms. The lowest BCUT2D eigenvalue weighted by Crippen LogP contribution is -2.04. The molecule has 0 bridgehead atoms. The monoisotopic (exact) mass is 292 g/mol. The Morgan fingerprint density at radius 3 is 2.85 bits per heavy atom. The lowest BCUT2D eigenvalue weighted by atomic mass is 10.2.